The molecule has 0 bridgehead atoms. The molecule has 1 aliphatic rings. The van der Waals surface area contributed by atoms with E-state index in [0.29, 0.717) is 0 Å². The number of aliphatic hydroxyl groups excluding tert-OH is 1. The number of halogens is 1. The van der Waals surface area contributed by atoms with Crippen LogP contribution in [0.4, 0.5) is 10.2 Å². The predicted octanol–water partition coefficient (Wildman–Crippen LogP) is 0.918. The Bertz CT molecular complexity index is 1180. The van der Waals surface area contributed by atoms with Crippen molar-refractivity contribution >= 4 is 19.5 Å². The van der Waals surface area contributed by atoms with E-state index in [1.54, 1.807) is 32.0 Å². The number of nitrogens with two attached hydrogens (primary N) is 1. The van der Waals surface area contributed by atoms with Crippen molar-refractivity contribution in [3.8, 4) is 5.75 Å². The highest BCUT2D eigenvalue weighted by molar-refractivity contribution is 7.52. The van der Waals surface area contributed by atoms with Gasteiger partial charge in [-0.15, -0.1) is 0 Å². The predicted molar refractivity (Wildman–Crippen MR) is 128 cm³/mol. The van der Waals surface area contributed by atoms with Crippen LogP contribution in [0.15, 0.2) is 47.4 Å². The first-order valence-electron chi connectivity index (χ1n) is 11.3. The number of aromatic nitrogens is 2. The number of nitrogen functional groups attached to an aromatic ring is 1. The zero-order chi connectivity index (χ0) is 27.4. The number of anilines is 1. The van der Waals surface area contributed by atoms with Crippen molar-refractivity contribution < 1.29 is 42.5 Å². The number of hydrogen-bond acceptors (Lipinski definition) is 11. The topological polar surface area (TPSA) is 184 Å². The molecule has 1 aliphatic heterocycles. The van der Waals surface area contributed by atoms with Gasteiger partial charge in [-0.2, -0.15) is 10.1 Å². The van der Waals surface area contributed by atoms with Gasteiger partial charge in [-0.05, 0) is 39.0 Å². The van der Waals surface area contributed by atoms with Crippen LogP contribution >= 0.6 is 7.75 Å². The molecule has 3 rings (SSSR count). The summed E-state index contributed by atoms with van der Waals surface area (Å²) in [5.74, 6) is -0.707. The van der Waals surface area contributed by atoms with E-state index < -0.39 is 68.9 Å². The Hall–Kier alpha value is -2.87. The fraction of sp³-hybridized carbons (Fsp3) is 0.500. The van der Waals surface area contributed by atoms with Gasteiger partial charge in [0.2, 0.25) is 0 Å². The largest absolute Gasteiger partial charge is 0.462 e. The summed E-state index contributed by atoms with van der Waals surface area (Å²) in [4.78, 5) is 28.0. The second-order valence-electron chi connectivity index (χ2n) is 8.67. The Balaban J connectivity index is 1.82. The van der Waals surface area contributed by atoms with E-state index in [-0.39, 0.29) is 11.6 Å². The molecule has 1 aromatic heterocycles. The third kappa shape index (κ3) is 6.72. The molecule has 1 fully saturated rings. The molecule has 0 amide bonds. The molecular weight excluding hydrogens is 514 g/mol. The molecule has 0 radical (unpaired) electrons. The van der Waals surface area contributed by atoms with Crippen molar-refractivity contribution in [2.45, 2.75) is 57.0 Å². The van der Waals surface area contributed by atoms with E-state index in [0.717, 1.165) is 10.8 Å². The molecule has 1 aromatic carbocycles. The SMILES string of the molecule is CC(C)OC(=O)[C@H](C)NP(=O)(OC[C@H]1O[C@@H](n2ccc(N)nc2=O)[C@@](O)(CF)C1O)Oc1ccccc1. The molecule has 0 saturated carbocycles. The molecule has 6 atom stereocenters. The van der Waals surface area contributed by atoms with Gasteiger partial charge in [0.1, 0.15) is 36.5 Å². The van der Waals surface area contributed by atoms with Crippen LogP contribution in [0, 0.1) is 0 Å². The fourth-order valence-corrected chi connectivity index (χ4v) is 5.02. The third-order valence-corrected chi connectivity index (χ3v) is 6.99. The van der Waals surface area contributed by atoms with Crippen LogP contribution in [-0.4, -0.2) is 69.0 Å². The number of carbonyl (C=O) groups excluding carboxylic acids is 1. The number of nitrogens with one attached hydrogen (secondary N) is 1. The quantitative estimate of drug-likeness (QED) is 0.232. The van der Waals surface area contributed by atoms with Gasteiger partial charge in [0.05, 0.1) is 12.7 Å². The molecule has 15 heteroatoms. The summed E-state index contributed by atoms with van der Waals surface area (Å²) < 4.78 is 49.9. The van der Waals surface area contributed by atoms with Crippen LogP contribution in [0.3, 0.4) is 0 Å². The Kier molecular flexibility index (Phi) is 9.05. The van der Waals surface area contributed by atoms with Gasteiger partial charge in [-0.25, -0.2) is 13.8 Å². The summed E-state index contributed by atoms with van der Waals surface area (Å²) in [7, 11) is -4.35. The number of ether oxygens (including phenoxy) is 2. The normalized spacial score (nSPS) is 26.0. The van der Waals surface area contributed by atoms with Crippen LogP contribution in [0.5, 0.6) is 5.75 Å². The van der Waals surface area contributed by atoms with E-state index in [2.05, 4.69) is 10.1 Å². The zero-order valence-electron chi connectivity index (χ0n) is 20.4. The lowest BCUT2D eigenvalue weighted by atomic mass is 9.95. The molecule has 13 nitrogen and oxygen atoms in total. The van der Waals surface area contributed by atoms with E-state index in [9.17, 15) is 28.8 Å². The Labute approximate surface area is 211 Å². The monoisotopic (exact) mass is 544 g/mol. The summed E-state index contributed by atoms with van der Waals surface area (Å²) in [6.45, 7) is 2.48. The number of benzene rings is 1. The van der Waals surface area contributed by atoms with Crippen LogP contribution in [0.1, 0.15) is 27.0 Å². The van der Waals surface area contributed by atoms with Crippen LogP contribution < -0.4 is 21.0 Å². The van der Waals surface area contributed by atoms with Crippen molar-refractivity contribution in [1.29, 1.82) is 0 Å². The van der Waals surface area contributed by atoms with Crippen molar-refractivity contribution in [3.05, 3.63) is 53.1 Å². The number of rotatable bonds is 11. The van der Waals surface area contributed by atoms with Crippen molar-refractivity contribution in [1.82, 2.24) is 14.6 Å². The highest BCUT2D eigenvalue weighted by Gasteiger charge is 2.57. The zero-order valence-corrected chi connectivity index (χ0v) is 21.3. The summed E-state index contributed by atoms with van der Waals surface area (Å²) in [5.41, 5.74) is 1.95. The summed E-state index contributed by atoms with van der Waals surface area (Å²) in [6, 6.07) is 8.00. The molecule has 0 spiro atoms. The second kappa shape index (κ2) is 11.7. The molecule has 2 unspecified atom stereocenters. The van der Waals surface area contributed by atoms with E-state index in [1.165, 1.54) is 25.1 Å². The van der Waals surface area contributed by atoms with Crippen molar-refractivity contribution in [2.75, 3.05) is 19.0 Å². The Morgan fingerprint density at radius 2 is 2.00 bits per heavy atom. The first-order chi connectivity index (χ1) is 17.4. The number of nitrogens with zero attached hydrogens (tertiary/aromatic N) is 2. The number of esters is 1. The van der Waals surface area contributed by atoms with Gasteiger partial charge in [0, 0.05) is 6.20 Å². The lowest BCUT2D eigenvalue weighted by Crippen LogP contribution is -2.50. The maximum atomic E-state index is 13.9. The first kappa shape index (κ1) is 28.7. The Morgan fingerprint density at radius 1 is 1.32 bits per heavy atom. The third-order valence-electron chi connectivity index (χ3n) is 5.35. The van der Waals surface area contributed by atoms with E-state index in [1.807, 2.05) is 0 Å². The maximum Gasteiger partial charge on any atom is 0.459 e. The van der Waals surface area contributed by atoms with Gasteiger partial charge >= 0.3 is 19.4 Å². The minimum Gasteiger partial charge on any atom is -0.462 e. The minimum atomic E-state index is -4.35. The maximum absolute atomic E-state index is 13.9. The standard InChI is InChI=1S/C22H30FN4O9P/c1-13(2)34-19(29)14(3)26-37(32,36-15-7-5-4-6-8-15)33-11-16-18(28)22(31,12-23)20(35-16)27-10-9-17(24)25-21(27)30/h4-10,13-14,16,18,20,28,31H,11-12H2,1-3H3,(H,26,32)(H2,24,25,30)/t14-,16+,18?,20+,22+,37?/m0/s1. The van der Waals surface area contributed by atoms with Gasteiger partial charge in [0.25, 0.3) is 0 Å². The number of para-hydroxylation sites is 1. The van der Waals surface area contributed by atoms with E-state index >= 15 is 0 Å². The lowest BCUT2D eigenvalue weighted by molar-refractivity contribution is -0.149. The number of hydrogen-bond donors (Lipinski definition) is 4. The average Bonchev–Trinajstić information content (AvgIpc) is 3.08. The molecule has 2 aromatic rings. The summed E-state index contributed by atoms with van der Waals surface area (Å²) in [6.07, 6.45) is -4.40. The fourth-order valence-electron chi connectivity index (χ4n) is 3.52. The lowest BCUT2D eigenvalue weighted by Gasteiger charge is -2.28. The van der Waals surface area contributed by atoms with E-state index in [4.69, 9.17) is 24.3 Å². The smallest absolute Gasteiger partial charge is 0.459 e. The number of carbonyl (C=O) groups is 1. The summed E-state index contributed by atoms with van der Waals surface area (Å²) in [5, 5.41) is 23.9. The van der Waals surface area contributed by atoms with Gasteiger partial charge in [0.15, 0.2) is 11.8 Å². The molecule has 1 saturated heterocycles. The molecule has 0 aliphatic carbocycles. The van der Waals surface area contributed by atoms with Crippen LogP contribution in [0.2, 0.25) is 0 Å². The number of alkyl halides is 1. The molecule has 5 N–H and O–H groups in total. The first-order valence-corrected chi connectivity index (χ1v) is 12.9. The van der Waals surface area contributed by atoms with Gasteiger partial charge < -0.3 is 29.9 Å². The average molecular weight is 544 g/mol. The molecule has 2 heterocycles. The van der Waals surface area contributed by atoms with Crippen molar-refractivity contribution in [3.63, 3.8) is 0 Å². The second-order valence-corrected chi connectivity index (χ2v) is 10.4. The Morgan fingerprint density at radius 3 is 2.59 bits per heavy atom. The van der Waals surface area contributed by atoms with Gasteiger partial charge in [-0.1, -0.05) is 18.2 Å². The minimum absolute atomic E-state index is 0.112. The highest BCUT2D eigenvalue weighted by Crippen LogP contribution is 2.47. The molecule has 37 heavy (non-hydrogen) atoms. The van der Waals surface area contributed by atoms with Crippen molar-refractivity contribution in [2.24, 2.45) is 0 Å². The number of aliphatic hydroxyl groups is 2. The highest BCUT2D eigenvalue weighted by atomic mass is 31.2. The van der Waals surface area contributed by atoms with Gasteiger partial charge in [-0.3, -0.25) is 13.9 Å². The van der Waals surface area contributed by atoms with Crippen LogP contribution in [0.25, 0.3) is 0 Å². The molecule has 204 valence electrons. The molecular formula is C22H30FN4O9P. The summed E-state index contributed by atoms with van der Waals surface area (Å²) >= 11 is 0. The van der Waals surface area contributed by atoms with Crippen LogP contribution in [-0.2, 0) is 23.4 Å².